The van der Waals surface area contributed by atoms with Crippen LogP contribution in [0.3, 0.4) is 0 Å². The van der Waals surface area contributed by atoms with Crippen LogP contribution in [0.25, 0.3) is 0 Å². The van der Waals surface area contributed by atoms with Gasteiger partial charge in [-0.3, -0.25) is 4.79 Å². The lowest BCUT2D eigenvalue weighted by Crippen LogP contribution is -2.44. The van der Waals surface area contributed by atoms with E-state index < -0.39 is 0 Å². The van der Waals surface area contributed by atoms with Gasteiger partial charge in [-0.25, -0.2) is 0 Å². The van der Waals surface area contributed by atoms with Crippen molar-refractivity contribution in [1.29, 1.82) is 0 Å². The van der Waals surface area contributed by atoms with Crippen LogP contribution in [-0.2, 0) is 4.79 Å². The number of hydrogen-bond acceptors (Lipinski definition) is 2. The highest BCUT2D eigenvalue weighted by molar-refractivity contribution is 5.81. The minimum atomic E-state index is -0.316. The fraction of sp³-hybridized carbons (Fsp3) is 0.929. The summed E-state index contributed by atoms with van der Waals surface area (Å²) < 4.78 is 0. The Morgan fingerprint density at radius 3 is 2.41 bits per heavy atom. The number of amides is 1. The van der Waals surface area contributed by atoms with Crippen molar-refractivity contribution in [1.82, 2.24) is 4.90 Å². The van der Waals surface area contributed by atoms with E-state index in [-0.39, 0.29) is 11.9 Å². The zero-order valence-electron chi connectivity index (χ0n) is 11.6. The van der Waals surface area contributed by atoms with Crippen molar-refractivity contribution >= 4 is 5.91 Å². The van der Waals surface area contributed by atoms with Crippen molar-refractivity contribution in [2.75, 3.05) is 13.6 Å². The second-order valence-electron chi connectivity index (χ2n) is 5.96. The van der Waals surface area contributed by atoms with Crippen LogP contribution in [0.4, 0.5) is 0 Å². The summed E-state index contributed by atoms with van der Waals surface area (Å²) in [6.07, 6.45) is 7.35. The number of carbonyl (C=O) groups is 1. The molecule has 1 aliphatic rings. The van der Waals surface area contributed by atoms with Gasteiger partial charge in [-0.15, -0.1) is 0 Å². The van der Waals surface area contributed by atoms with Crippen molar-refractivity contribution in [3.8, 4) is 0 Å². The predicted molar refractivity (Wildman–Crippen MR) is 71.6 cm³/mol. The van der Waals surface area contributed by atoms with Gasteiger partial charge in [0, 0.05) is 13.6 Å². The molecule has 1 saturated carbocycles. The van der Waals surface area contributed by atoms with Crippen LogP contribution in [0.15, 0.2) is 0 Å². The molecule has 0 heterocycles. The van der Waals surface area contributed by atoms with E-state index in [0.29, 0.717) is 11.8 Å². The maximum atomic E-state index is 12.1. The molecule has 0 bridgehead atoms. The maximum absolute atomic E-state index is 12.1. The predicted octanol–water partition coefficient (Wildman–Crippen LogP) is 2.40. The Kier molecular flexibility index (Phi) is 5.96. The van der Waals surface area contributed by atoms with Gasteiger partial charge in [-0.2, -0.15) is 0 Å². The van der Waals surface area contributed by atoms with Crippen LogP contribution >= 0.6 is 0 Å². The molecule has 1 rings (SSSR count). The van der Waals surface area contributed by atoms with Crippen LogP contribution < -0.4 is 5.73 Å². The van der Waals surface area contributed by atoms with Crippen LogP contribution in [0.2, 0.25) is 0 Å². The zero-order valence-corrected chi connectivity index (χ0v) is 11.6. The fourth-order valence-corrected chi connectivity index (χ4v) is 2.74. The topological polar surface area (TPSA) is 46.3 Å². The first-order valence-electron chi connectivity index (χ1n) is 7.01. The summed E-state index contributed by atoms with van der Waals surface area (Å²) in [6.45, 7) is 5.10. The standard InChI is InChI=1S/C14H28N2O/c1-11(2)9-13(15)14(17)16(3)10-12-7-5-4-6-8-12/h11-13H,4-10,15H2,1-3H3/t13-/m1/s1. The van der Waals surface area contributed by atoms with E-state index in [1.807, 2.05) is 11.9 Å². The lowest BCUT2D eigenvalue weighted by Gasteiger charge is -2.29. The van der Waals surface area contributed by atoms with Gasteiger partial charge < -0.3 is 10.6 Å². The first-order valence-corrected chi connectivity index (χ1v) is 7.01. The Bertz CT molecular complexity index is 234. The zero-order chi connectivity index (χ0) is 12.8. The number of hydrogen-bond donors (Lipinski definition) is 1. The number of rotatable bonds is 5. The van der Waals surface area contributed by atoms with Gasteiger partial charge in [0.05, 0.1) is 6.04 Å². The first kappa shape index (κ1) is 14.5. The highest BCUT2D eigenvalue weighted by atomic mass is 16.2. The molecule has 100 valence electrons. The van der Waals surface area contributed by atoms with E-state index >= 15 is 0 Å². The summed E-state index contributed by atoms with van der Waals surface area (Å²) in [5.74, 6) is 1.30. The minimum absolute atomic E-state index is 0.115. The van der Waals surface area contributed by atoms with Crippen molar-refractivity contribution in [3.63, 3.8) is 0 Å². The molecule has 0 aromatic rings. The molecular formula is C14H28N2O. The molecular weight excluding hydrogens is 212 g/mol. The van der Waals surface area contributed by atoms with E-state index in [0.717, 1.165) is 13.0 Å². The average Bonchev–Trinajstić information content (AvgIpc) is 2.28. The molecule has 0 saturated heterocycles. The third-order valence-electron chi connectivity index (χ3n) is 3.68. The van der Waals surface area contributed by atoms with Crippen molar-refractivity contribution in [3.05, 3.63) is 0 Å². The van der Waals surface area contributed by atoms with Gasteiger partial charge in [-0.1, -0.05) is 33.1 Å². The molecule has 1 amide bonds. The summed E-state index contributed by atoms with van der Waals surface area (Å²) in [5.41, 5.74) is 5.93. The Labute approximate surface area is 106 Å². The molecule has 1 fully saturated rings. The SMILES string of the molecule is CC(C)C[C@@H](N)C(=O)N(C)CC1CCCCC1. The highest BCUT2D eigenvalue weighted by Crippen LogP contribution is 2.24. The van der Waals surface area contributed by atoms with E-state index in [4.69, 9.17) is 5.73 Å². The Morgan fingerprint density at radius 1 is 1.29 bits per heavy atom. The summed E-state index contributed by atoms with van der Waals surface area (Å²) in [4.78, 5) is 13.9. The Morgan fingerprint density at radius 2 is 1.88 bits per heavy atom. The van der Waals surface area contributed by atoms with Crippen LogP contribution in [-0.4, -0.2) is 30.4 Å². The monoisotopic (exact) mass is 240 g/mol. The van der Waals surface area contributed by atoms with Crippen LogP contribution in [0.5, 0.6) is 0 Å². The second kappa shape index (κ2) is 7.00. The lowest BCUT2D eigenvalue weighted by molar-refractivity contribution is -0.132. The number of nitrogens with zero attached hydrogens (tertiary/aromatic N) is 1. The molecule has 2 N–H and O–H groups in total. The summed E-state index contributed by atoms with van der Waals surface area (Å²) >= 11 is 0. The van der Waals surface area contributed by atoms with E-state index in [2.05, 4.69) is 13.8 Å². The van der Waals surface area contributed by atoms with E-state index in [9.17, 15) is 4.79 Å². The van der Waals surface area contributed by atoms with Gasteiger partial charge in [0.1, 0.15) is 0 Å². The van der Waals surface area contributed by atoms with Gasteiger partial charge in [0.25, 0.3) is 0 Å². The molecule has 1 atom stereocenters. The molecule has 1 aliphatic carbocycles. The van der Waals surface area contributed by atoms with Crippen LogP contribution in [0, 0.1) is 11.8 Å². The molecule has 3 nitrogen and oxygen atoms in total. The van der Waals surface area contributed by atoms with Crippen molar-refractivity contribution in [2.45, 2.75) is 58.4 Å². The Balaban J connectivity index is 2.34. The molecule has 0 aromatic heterocycles. The second-order valence-corrected chi connectivity index (χ2v) is 5.96. The summed E-state index contributed by atoms with van der Waals surface area (Å²) in [7, 11) is 1.90. The highest BCUT2D eigenvalue weighted by Gasteiger charge is 2.22. The smallest absolute Gasteiger partial charge is 0.239 e. The summed E-state index contributed by atoms with van der Waals surface area (Å²) in [6, 6.07) is -0.316. The van der Waals surface area contributed by atoms with Crippen molar-refractivity contribution in [2.24, 2.45) is 17.6 Å². The number of carbonyl (C=O) groups excluding carboxylic acids is 1. The van der Waals surface area contributed by atoms with Gasteiger partial charge in [0.2, 0.25) is 5.91 Å². The maximum Gasteiger partial charge on any atom is 0.239 e. The summed E-state index contributed by atoms with van der Waals surface area (Å²) in [5, 5.41) is 0. The molecule has 0 unspecified atom stereocenters. The lowest BCUT2D eigenvalue weighted by atomic mass is 9.89. The largest absolute Gasteiger partial charge is 0.344 e. The molecule has 17 heavy (non-hydrogen) atoms. The molecule has 0 spiro atoms. The van der Waals surface area contributed by atoms with E-state index in [1.165, 1.54) is 32.1 Å². The van der Waals surface area contributed by atoms with Gasteiger partial charge in [0.15, 0.2) is 0 Å². The van der Waals surface area contributed by atoms with Crippen molar-refractivity contribution < 1.29 is 4.79 Å². The van der Waals surface area contributed by atoms with Gasteiger partial charge in [-0.05, 0) is 31.1 Å². The first-order chi connectivity index (χ1) is 8.00. The fourth-order valence-electron chi connectivity index (χ4n) is 2.74. The molecule has 3 heteroatoms. The molecule has 0 radical (unpaired) electrons. The third-order valence-corrected chi connectivity index (χ3v) is 3.68. The van der Waals surface area contributed by atoms with E-state index in [1.54, 1.807) is 0 Å². The number of likely N-dealkylation sites (N-methyl/N-ethyl adjacent to an activating group) is 1. The Hall–Kier alpha value is -0.570. The molecule has 0 aliphatic heterocycles. The normalized spacial score (nSPS) is 19.4. The van der Waals surface area contributed by atoms with Crippen LogP contribution in [0.1, 0.15) is 52.4 Å². The number of nitrogens with two attached hydrogens (primary N) is 1. The quantitative estimate of drug-likeness (QED) is 0.802. The third kappa shape index (κ3) is 5.07. The average molecular weight is 240 g/mol. The van der Waals surface area contributed by atoms with Gasteiger partial charge >= 0.3 is 0 Å². The molecule has 0 aromatic carbocycles. The minimum Gasteiger partial charge on any atom is -0.344 e.